The van der Waals surface area contributed by atoms with Gasteiger partial charge < -0.3 is 9.47 Å². The van der Waals surface area contributed by atoms with E-state index in [9.17, 15) is 9.59 Å². The minimum absolute atomic E-state index is 0.318. The van der Waals surface area contributed by atoms with Crippen LogP contribution in [0.3, 0.4) is 0 Å². The summed E-state index contributed by atoms with van der Waals surface area (Å²) in [5.74, 6) is -1.34. The highest BCUT2D eigenvalue weighted by atomic mass is 16.6. The van der Waals surface area contributed by atoms with Gasteiger partial charge in [0.25, 0.3) is 0 Å². The van der Waals surface area contributed by atoms with Crippen LogP contribution in [0, 0.1) is 5.92 Å². The molecule has 0 aliphatic carbocycles. The minimum atomic E-state index is -0.839. The predicted molar refractivity (Wildman–Crippen MR) is 116 cm³/mol. The summed E-state index contributed by atoms with van der Waals surface area (Å²) >= 11 is 0. The lowest BCUT2D eigenvalue weighted by molar-refractivity contribution is -0.168. The second kappa shape index (κ2) is 20.7. The molecule has 0 spiro atoms. The van der Waals surface area contributed by atoms with Crippen molar-refractivity contribution < 1.29 is 19.1 Å². The fraction of sp³-hybridized carbons (Fsp3) is 0.917. The second-order valence-electron chi connectivity index (χ2n) is 8.04. The zero-order chi connectivity index (χ0) is 20.9. The first kappa shape index (κ1) is 26.9. The van der Waals surface area contributed by atoms with Crippen molar-refractivity contribution in [1.82, 2.24) is 0 Å². The summed E-state index contributed by atoms with van der Waals surface area (Å²) in [6.45, 7) is 7.12. The van der Waals surface area contributed by atoms with Crippen molar-refractivity contribution in [3.8, 4) is 0 Å². The summed E-state index contributed by atoms with van der Waals surface area (Å²) in [6.07, 6.45) is 19.4. The highest BCUT2D eigenvalue weighted by molar-refractivity contribution is 6.29. The van der Waals surface area contributed by atoms with Crippen molar-refractivity contribution in [3.05, 3.63) is 0 Å². The van der Waals surface area contributed by atoms with Gasteiger partial charge >= 0.3 is 11.9 Å². The molecule has 0 aromatic rings. The normalized spacial score (nSPS) is 12.0. The third-order valence-corrected chi connectivity index (χ3v) is 5.39. The molecule has 4 nitrogen and oxygen atoms in total. The summed E-state index contributed by atoms with van der Waals surface area (Å²) in [4.78, 5) is 23.4. The number of carbonyl (C=O) groups excluding carboxylic acids is 2. The van der Waals surface area contributed by atoms with Crippen LogP contribution < -0.4 is 0 Å². The summed E-state index contributed by atoms with van der Waals surface area (Å²) in [5.41, 5.74) is 0. The third-order valence-electron chi connectivity index (χ3n) is 5.39. The van der Waals surface area contributed by atoms with Crippen molar-refractivity contribution >= 4 is 11.9 Å². The van der Waals surface area contributed by atoms with E-state index >= 15 is 0 Å². The van der Waals surface area contributed by atoms with Crippen molar-refractivity contribution in [2.24, 2.45) is 5.92 Å². The number of ether oxygens (including phenoxy) is 2. The lowest BCUT2D eigenvalue weighted by Gasteiger charge is -2.14. The van der Waals surface area contributed by atoms with Crippen molar-refractivity contribution in [2.45, 2.75) is 124 Å². The number of hydrogen-bond acceptors (Lipinski definition) is 4. The first-order valence-electron chi connectivity index (χ1n) is 12.0. The van der Waals surface area contributed by atoms with E-state index < -0.39 is 11.9 Å². The summed E-state index contributed by atoms with van der Waals surface area (Å²) in [7, 11) is 0. The van der Waals surface area contributed by atoms with E-state index in [1.54, 1.807) is 0 Å². The monoisotopic (exact) mass is 398 g/mol. The number of hydrogen-bond donors (Lipinski definition) is 0. The molecule has 0 radical (unpaired) electrons. The van der Waals surface area contributed by atoms with Crippen LogP contribution in [-0.4, -0.2) is 25.2 Å². The Labute approximate surface area is 174 Å². The molecule has 4 heteroatoms. The van der Waals surface area contributed by atoms with Gasteiger partial charge in [0.2, 0.25) is 0 Å². The molecule has 1 atom stereocenters. The number of rotatable bonds is 19. The van der Waals surface area contributed by atoms with Crippen molar-refractivity contribution in [2.75, 3.05) is 13.2 Å². The molecule has 0 aromatic heterocycles. The van der Waals surface area contributed by atoms with Gasteiger partial charge in [0.15, 0.2) is 0 Å². The molecular formula is C24H46O4. The SMILES string of the molecule is CCCCCCCCCCCCCCOC(=O)C(=O)OCC(CC)CCCC. The molecule has 0 rings (SSSR count). The molecule has 0 N–H and O–H groups in total. The quantitative estimate of drug-likeness (QED) is 0.134. The molecule has 0 heterocycles. The van der Waals surface area contributed by atoms with Gasteiger partial charge in [-0.3, -0.25) is 0 Å². The van der Waals surface area contributed by atoms with E-state index in [0.717, 1.165) is 38.5 Å². The standard InChI is InChI=1S/C24H46O4/c1-4-7-9-10-11-12-13-14-15-16-17-18-20-27-23(25)24(26)28-21-22(6-3)19-8-5-2/h22H,4-21H2,1-3H3. The zero-order valence-corrected chi connectivity index (χ0v) is 18.9. The van der Waals surface area contributed by atoms with Gasteiger partial charge in [0.05, 0.1) is 13.2 Å². The van der Waals surface area contributed by atoms with E-state index in [-0.39, 0.29) is 0 Å². The summed E-state index contributed by atoms with van der Waals surface area (Å²) < 4.78 is 10.1. The van der Waals surface area contributed by atoms with Gasteiger partial charge in [-0.2, -0.15) is 0 Å². The maximum atomic E-state index is 11.7. The molecule has 0 saturated carbocycles. The van der Waals surface area contributed by atoms with Gasteiger partial charge in [0, 0.05) is 0 Å². The molecule has 1 unspecified atom stereocenters. The molecule has 28 heavy (non-hydrogen) atoms. The van der Waals surface area contributed by atoms with Crippen LogP contribution >= 0.6 is 0 Å². The Balaban J connectivity index is 3.47. The van der Waals surface area contributed by atoms with Gasteiger partial charge in [-0.25, -0.2) is 9.59 Å². The molecule has 166 valence electrons. The lowest BCUT2D eigenvalue weighted by atomic mass is 10.0. The van der Waals surface area contributed by atoms with Crippen LogP contribution in [0.25, 0.3) is 0 Å². The molecule has 0 saturated heterocycles. The Morgan fingerprint density at radius 3 is 1.57 bits per heavy atom. The maximum absolute atomic E-state index is 11.7. The Kier molecular flexibility index (Phi) is 19.9. The summed E-state index contributed by atoms with van der Waals surface area (Å²) in [5, 5.41) is 0. The van der Waals surface area contributed by atoms with Crippen LogP contribution in [-0.2, 0) is 19.1 Å². The second-order valence-corrected chi connectivity index (χ2v) is 8.04. The topological polar surface area (TPSA) is 52.6 Å². The zero-order valence-electron chi connectivity index (χ0n) is 18.9. The van der Waals surface area contributed by atoms with E-state index in [1.807, 2.05) is 0 Å². The minimum Gasteiger partial charge on any atom is -0.457 e. The fourth-order valence-corrected chi connectivity index (χ4v) is 3.32. The van der Waals surface area contributed by atoms with E-state index in [1.165, 1.54) is 64.2 Å². The average molecular weight is 399 g/mol. The Hall–Kier alpha value is -1.06. The Bertz CT molecular complexity index is 368. The molecule has 0 amide bonds. The van der Waals surface area contributed by atoms with Gasteiger partial charge in [0.1, 0.15) is 0 Å². The first-order chi connectivity index (χ1) is 13.7. The van der Waals surface area contributed by atoms with Crippen molar-refractivity contribution in [1.29, 1.82) is 0 Å². The smallest absolute Gasteiger partial charge is 0.417 e. The van der Waals surface area contributed by atoms with Gasteiger partial charge in [-0.05, 0) is 18.8 Å². The lowest BCUT2D eigenvalue weighted by Crippen LogP contribution is -2.23. The highest BCUT2D eigenvalue weighted by Crippen LogP contribution is 2.13. The summed E-state index contributed by atoms with van der Waals surface area (Å²) in [6, 6.07) is 0. The number of unbranched alkanes of at least 4 members (excludes halogenated alkanes) is 12. The van der Waals surface area contributed by atoms with Crippen LogP contribution in [0.15, 0.2) is 0 Å². The predicted octanol–water partition coefficient (Wildman–Crippen LogP) is 6.99. The van der Waals surface area contributed by atoms with Crippen LogP contribution in [0.5, 0.6) is 0 Å². The van der Waals surface area contributed by atoms with Crippen molar-refractivity contribution in [3.63, 3.8) is 0 Å². The molecule has 0 aliphatic rings. The Morgan fingerprint density at radius 2 is 1.07 bits per heavy atom. The highest BCUT2D eigenvalue weighted by Gasteiger charge is 2.18. The van der Waals surface area contributed by atoms with Crippen LogP contribution in [0.4, 0.5) is 0 Å². The van der Waals surface area contributed by atoms with E-state index in [4.69, 9.17) is 9.47 Å². The first-order valence-corrected chi connectivity index (χ1v) is 12.0. The molecule has 0 aliphatic heterocycles. The van der Waals surface area contributed by atoms with E-state index in [2.05, 4.69) is 20.8 Å². The molecule has 0 fully saturated rings. The largest absolute Gasteiger partial charge is 0.457 e. The third kappa shape index (κ3) is 17.1. The fourth-order valence-electron chi connectivity index (χ4n) is 3.32. The molecular weight excluding hydrogens is 352 g/mol. The maximum Gasteiger partial charge on any atom is 0.417 e. The molecule has 0 bridgehead atoms. The van der Waals surface area contributed by atoms with Gasteiger partial charge in [-0.1, -0.05) is 111 Å². The van der Waals surface area contributed by atoms with Crippen LogP contribution in [0.1, 0.15) is 124 Å². The molecule has 0 aromatic carbocycles. The Morgan fingerprint density at radius 1 is 0.607 bits per heavy atom. The number of carbonyl (C=O) groups is 2. The van der Waals surface area contributed by atoms with Gasteiger partial charge in [-0.15, -0.1) is 0 Å². The van der Waals surface area contributed by atoms with Crippen LogP contribution in [0.2, 0.25) is 0 Å². The number of esters is 2. The average Bonchev–Trinajstić information content (AvgIpc) is 2.71. The van der Waals surface area contributed by atoms with E-state index in [0.29, 0.717) is 19.1 Å².